The van der Waals surface area contributed by atoms with Crippen molar-refractivity contribution in [3.8, 4) is 0 Å². The fourth-order valence-electron chi connectivity index (χ4n) is 2.90. The van der Waals surface area contributed by atoms with Gasteiger partial charge in [0.1, 0.15) is 0 Å². The van der Waals surface area contributed by atoms with Crippen molar-refractivity contribution in [2.75, 3.05) is 33.2 Å². The molecule has 1 aliphatic carbocycles. The van der Waals surface area contributed by atoms with E-state index < -0.39 is 0 Å². The van der Waals surface area contributed by atoms with Crippen LogP contribution in [0.3, 0.4) is 0 Å². The maximum absolute atomic E-state index is 12.4. The first-order valence-corrected chi connectivity index (χ1v) is 7.06. The predicted octanol–water partition coefficient (Wildman–Crippen LogP) is 0.978. The van der Waals surface area contributed by atoms with Crippen molar-refractivity contribution in [3.05, 3.63) is 11.6 Å². The van der Waals surface area contributed by atoms with Gasteiger partial charge in [-0.15, -0.1) is 0 Å². The normalized spacial score (nSPS) is 26.0. The lowest BCUT2D eigenvalue weighted by atomic mass is 9.96. The minimum absolute atomic E-state index is 0.195. The summed E-state index contributed by atoms with van der Waals surface area (Å²) >= 11 is 0. The highest BCUT2D eigenvalue weighted by molar-refractivity contribution is 5.79. The number of rotatable bonds is 3. The van der Waals surface area contributed by atoms with Gasteiger partial charge in [0.2, 0.25) is 5.91 Å². The molecular weight excluding hydrogens is 226 g/mol. The number of hydrogen-bond donors (Lipinski definition) is 1. The Morgan fingerprint density at radius 1 is 1.44 bits per heavy atom. The lowest BCUT2D eigenvalue weighted by Gasteiger charge is -2.39. The van der Waals surface area contributed by atoms with Crippen LogP contribution in [-0.4, -0.2) is 55.0 Å². The highest BCUT2D eigenvalue weighted by Gasteiger charge is 2.28. The molecule has 1 unspecified atom stereocenters. The molecule has 0 aromatic rings. The van der Waals surface area contributed by atoms with Gasteiger partial charge in [-0.05, 0) is 32.7 Å². The van der Waals surface area contributed by atoms with Crippen LogP contribution < -0.4 is 5.73 Å². The molecule has 0 radical (unpaired) electrons. The van der Waals surface area contributed by atoms with Crippen LogP contribution in [0.25, 0.3) is 0 Å². The van der Waals surface area contributed by atoms with Crippen LogP contribution in [-0.2, 0) is 4.79 Å². The van der Waals surface area contributed by atoms with E-state index in [-0.39, 0.29) is 11.9 Å². The first-order valence-electron chi connectivity index (χ1n) is 7.06. The Balaban J connectivity index is 1.92. The van der Waals surface area contributed by atoms with Gasteiger partial charge in [0.25, 0.3) is 0 Å². The smallest absolute Gasteiger partial charge is 0.227 e. The molecule has 18 heavy (non-hydrogen) atoms. The van der Waals surface area contributed by atoms with Gasteiger partial charge in [0.05, 0.1) is 6.04 Å². The van der Waals surface area contributed by atoms with E-state index >= 15 is 0 Å². The molecule has 1 heterocycles. The van der Waals surface area contributed by atoms with Crippen molar-refractivity contribution in [1.82, 2.24) is 9.80 Å². The monoisotopic (exact) mass is 251 g/mol. The summed E-state index contributed by atoms with van der Waals surface area (Å²) in [4.78, 5) is 16.6. The quantitative estimate of drug-likeness (QED) is 0.761. The van der Waals surface area contributed by atoms with Crippen molar-refractivity contribution in [1.29, 1.82) is 0 Å². The summed E-state index contributed by atoms with van der Waals surface area (Å²) in [7, 11) is 2.09. The van der Waals surface area contributed by atoms with E-state index in [2.05, 4.69) is 18.0 Å². The van der Waals surface area contributed by atoms with Crippen LogP contribution in [0.4, 0.5) is 0 Å². The molecule has 2 aliphatic rings. The van der Waals surface area contributed by atoms with Gasteiger partial charge in [-0.25, -0.2) is 0 Å². The molecule has 1 amide bonds. The standard InChI is InChI=1S/C14H25N3O/c1-16-7-8-17(13(10-15)11-16)14(18)9-12-5-3-2-4-6-12/h5,13H,2-4,6-11,15H2,1H3. The molecule has 1 fully saturated rings. The summed E-state index contributed by atoms with van der Waals surface area (Å²) in [5.41, 5.74) is 7.13. The summed E-state index contributed by atoms with van der Waals surface area (Å²) < 4.78 is 0. The lowest BCUT2D eigenvalue weighted by Crippen LogP contribution is -2.56. The maximum Gasteiger partial charge on any atom is 0.227 e. The Morgan fingerprint density at radius 3 is 2.94 bits per heavy atom. The van der Waals surface area contributed by atoms with Crippen molar-refractivity contribution >= 4 is 5.91 Å². The Bertz CT molecular complexity index is 327. The molecule has 0 aromatic carbocycles. The van der Waals surface area contributed by atoms with Gasteiger partial charge >= 0.3 is 0 Å². The minimum Gasteiger partial charge on any atom is -0.336 e. The summed E-state index contributed by atoms with van der Waals surface area (Å²) in [5.74, 6) is 0.270. The molecule has 1 atom stereocenters. The van der Waals surface area contributed by atoms with Gasteiger partial charge < -0.3 is 15.5 Å². The molecule has 0 saturated carbocycles. The molecule has 0 bridgehead atoms. The first kappa shape index (κ1) is 13.6. The summed E-state index contributed by atoms with van der Waals surface area (Å²) in [6.45, 7) is 3.25. The summed E-state index contributed by atoms with van der Waals surface area (Å²) in [6, 6.07) is 0.195. The second-order valence-electron chi connectivity index (χ2n) is 5.52. The molecule has 2 N–H and O–H groups in total. The Hall–Kier alpha value is -0.870. The van der Waals surface area contributed by atoms with Gasteiger partial charge in [-0.3, -0.25) is 4.79 Å². The fourth-order valence-corrected chi connectivity index (χ4v) is 2.90. The van der Waals surface area contributed by atoms with E-state index in [0.29, 0.717) is 13.0 Å². The van der Waals surface area contributed by atoms with E-state index in [4.69, 9.17) is 5.73 Å². The van der Waals surface area contributed by atoms with Gasteiger partial charge in [-0.2, -0.15) is 0 Å². The molecule has 1 aliphatic heterocycles. The number of hydrogen-bond acceptors (Lipinski definition) is 3. The first-order chi connectivity index (χ1) is 8.70. The zero-order chi connectivity index (χ0) is 13.0. The van der Waals surface area contributed by atoms with Crippen LogP contribution in [0, 0.1) is 0 Å². The number of amides is 1. The maximum atomic E-state index is 12.4. The zero-order valence-corrected chi connectivity index (χ0v) is 11.4. The third-order valence-electron chi connectivity index (χ3n) is 4.04. The average molecular weight is 251 g/mol. The summed E-state index contributed by atoms with van der Waals surface area (Å²) in [5, 5.41) is 0. The van der Waals surface area contributed by atoms with E-state index in [1.165, 1.54) is 18.4 Å². The van der Waals surface area contributed by atoms with E-state index in [1.54, 1.807) is 0 Å². The number of piperazine rings is 1. The van der Waals surface area contributed by atoms with E-state index in [1.807, 2.05) is 4.90 Å². The lowest BCUT2D eigenvalue weighted by molar-refractivity contribution is -0.134. The number of carbonyl (C=O) groups excluding carboxylic acids is 1. The van der Waals surface area contributed by atoms with Gasteiger partial charge in [0.15, 0.2) is 0 Å². The third kappa shape index (κ3) is 3.33. The number of nitrogens with zero attached hydrogens (tertiary/aromatic N) is 2. The van der Waals surface area contributed by atoms with Crippen molar-refractivity contribution in [3.63, 3.8) is 0 Å². The van der Waals surface area contributed by atoms with E-state index in [9.17, 15) is 4.79 Å². The Kier molecular flexibility index (Phi) is 4.78. The zero-order valence-electron chi connectivity index (χ0n) is 11.4. The van der Waals surface area contributed by atoms with Gasteiger partial charge in [-0.1, -0.05) is 11.6 Å². The molecule has 0 aromatic heterocycles. The van der Waals surface area contributed by atoms with E-state index in [0.717, 1.165) is 32.5 Å². The molecule has 0 spiro atoms. The Labute approximate surface area is 110 Å². The SMILES string of the molecule is CN1CCN(C(=O)CC2=CCCCC2)C(CN)C1. The largest absolute Gasteiger partial charge is 0.336 e. The molecule has 1 saturated heterocycles. The van der Waals surface area contributed by atoms with Crippen LogP contribution in [0.5, 0.6) is 0 Å². The number of likely N-dealkylation sites (N-methyl/N-ethyl adjacent to an activating group) is 1. The molecule has 4 nitrogen and oxygen atoms in total. The Morgan fingerprint density at radius 2 is 2.28 bits per heavy atom. The topological polar surface area (TPSA) is 49.6 Å². The number of nitrogens with two attached hydrogens (primary N) is 1. The van der Waals surface area contributed by atoms with Crippen LogP contribution in [0.2, 0.25) is 0 Å². The van der Waals surface area contributed by atoms with Crippen molar-refractivity contribution in [2.45, 2.75) is 38.1 Å². The fraction of sp³-hybridized carbons (Fsp3) is 0.786. The minimum atomic E-state index is 0.195. The predicted molar refractivity (Wildman–Crippen MR) is 73.2 cm³/mol. The van der Waals surface area contributed by atoms with Crippen molar-refractivity contribution in [2.24, 2.45) is 5.73 Å². The summed E-state index contributed by atoms with van der Waals surface area (Å²) in [6.07, 6.45) is 7.63. The molecule has 4 heteroatoms. The van der Waals surface area contributed by atoms with Crippen LogP contribution >= 0.6 is 0 Å². The third-order valence-corrected chi connectivity index (χ3v) is 4.04. The molecular formula is C14H25N3O. The number of carbonyl (C=O) groups is 1. The highest BCUT2D eigenvalue weighted by atomic mass is 16.2. The second kappa shape index (κ2) is 6.34. The average Bonchev–Trinajstić information content (AvgIpc) is 2.39. The molecule has 2 rings (SSSR count). The molecule has 102 valence electrons. The highest BCUT2D eigenvalue weighted by Crippen LogP contribution is 2.21. The van der Waals surface area contributed by atoms with Crippen molar-refractivity contribution < 1.29 is 4.79 Å². The van der Waals surface area contributed by atoms with Crippen LogP contribution in [0.1, 0.15) is 32.1 Å². The second-order valence-corrected chi connectivity index (χ2v) is 5.52. The number of allylic oxidation sites excluding steroid dienone is 1. The van der Waals surface area contributed by atoms with Gasteiger partial charge in [0, 0.05) is 32.6 Å². The van der Waals surface area contributed by atoms with Crippen LogP contribution in [0.15, 0.2) is 11.6 Å².